The van der Waals surface area contributed by atoms with E-state index in [0.717, 1.165) is 103 Å². The third-order valence-electron chi connectivity index (χ3n) is 12.5. The van der Waals surface area contributed by atoms with E-state index in [0.29, 0.717) is 19.3 Å². The van der Waals surface area contributed by atoms with Gasteiger partial charge in [0.05, 0.1) is 0 Å². The second-order valence-corrected chi connectivity index (χ2v) is 19.3. The molecule has 0 aromatic rings. The summed E-state index contributed by atoms with van der Waals surface area (Å²) >= 11 is 0. The molecule has 0 aliphatic carbocycles. The predicted molar refractivity (Wildman–Crippen MR) is 297 cm³/mol. The first-order valence-corrected chi connectivity index (χ1v) is 29.2. The van der Waals surface area contributed by atoms with E-state index in [1.54, 1.807) is 0 Å². The second kappa shape index (κ2) is 57.2. The highest BCUT2D eigenvalue weighted by Gasteiger charge is 2.19. The topological polar surface area (TPSA) is 78.9 Å². The van der Waals surface area contributed by atoms with Crippen molar-refractivity contribution in [1.82, 2.24) is 0 Å². The molecule has 6 nitrogen and oxygen atoms in total. The maximum Gasteiger partial charge on any atom is 0.306 e. The van der Waals surface area contributed by atoms with E-state index in [4.69, 9.17) is 14.2 Å². The van der Waals surface area contributed by atoms with E-state index in [-0.39, 0.29) is 31.1 Å². The molecule has 0 radical (unpaired) electrons. The molecule has 396 valence electrons. The summed E-state index contributed by atoms with van der Waals surface area (Å²) in [5, 5.41) is 0. The molecule has 0 aliphatic rings. The van der Waals surface area contributed by atoms with Crippen molar-refractivity contribution in [2.75, 3.05) is 13.2 Å². The molecule has 0 spiro atoms. The second-order valence-electron chi connectivity index (χ2n) is 19.3. The molecule has 0 fully saturated rings. The molecule has 0 N–H and O–H groups in total. The molecule has 6 heteroatoms. The number of allylic oxidation sites excluding steroid dienone is 14. The van der Waals surface area contributed by atoms with Crippen molar-refractivity contribution in [3.8, 4) is 0 Å². The van der Waals surface area contributed by atoms with E-state index in [1.807, 2.05) is 0 Å². The zero-order valence-corrected chi connectivity index (χ0v) is 45.3. The Labute approximate surface area is 426 Å². The summed E-state index contributed by atoms with van der Waals surface area (Å²) < 4.78 is 16.8. The Morgan fingerprint density at radius 3 is 0.899 bits per heavy atom. The van der Waals surface area contributed by atoms with Gasteiger partial charge in [-0.15, -0.1) is 0 Å². The van der Waals surface area contributed by atoms with Gasteiger partial charge in [-0.3, -0.25) is 14.4 Å². The molecule has 0 rings (SSSR count). The van der Waals surface area contributed by atoms with Gasteiger partial charge in [0.1, 0.15) is 13.2 Å². The van der Waals surface area contributed by atoms with Crippen molar-refractivity contribution in [1.29, 1.82) is 0 Å². The first-order valence-electron chi connectivity index (χ1n) is 29.2. The van der Waals surface area contributed by atoms with Crippen LogP contribution in [0.3, 0.4) is 0 Å². The Morgan fingerprint density at radius 1 is 0.290 bits per heavy atom. The number of carbonyl (C=O) groups is 3. The van der Waals surface area contributed by atoms with Gasteiger partial charge in [-0.05, 0) is 96.3 Å². The number of unbranched alkanes of at least 4 members (excludes halogenated alkanes) is 31. The number of carbonyl (C=O) groups excluding carboxylic acids is 3. The van der Waals surface area contributed by atoms with Crippen LogP contribution in [0.25, 0.3) is 0 Å². The smallest absolute Gasteiger partial charge is 0.306 e. The highest BCUT2D eigenvalue weighted by molar-refractivity contribution is 5.71. The fourth-order valence-corrected chi connectivity index (χ4v) is 8.03. The van der Waals surface area contributed by atoms with Crippen LogP contribution in [0, 0.1) is 0 Å². The number of esters is 3. The molecular formula is C63H108O6. The molecule has 0 aromatic heterocycles. The van der Waals surface area contributed by atoms with Crippen LogP contribution in [0.1, 0.15) is 278 Å². The van der Waals surface area contributed by atoms with Gasteiger partial charge < -0.3 is 14.2 Å². The van der Waals surface area contributed by atoms with Gasteiger partial charge in [0.25, 0.3) is 0 Å². The Kier molecular flexibility index (Phi) is 54.3. The summed E-state index contributed by atoms with van der Waals surface area (Å²) in [7, 11) is 0. The Balaban J connectivity index is 4.46. The highest BCUT2D eigenvalue weighted by Crippen LogP contribution is 2.15. The Morgan fingerprint density at radius 2 is 0.536 bits per heavy atom. The number of rotatable bonds is 52. The standard InChI is InChI=1S/C63H108O6/c1-4-7-10-13-16-19-22-25-28-30-32-35-38-41-44-47-50-53-56-62(65)68-59-60(58-67-61(64)55-52-49-46-43-40-37-34-27-24-21-18-15-12-9-6-3)69-63(66)57-54-51-48-45-42-39-36-33-31-29-26-23-20-17-14-11-8-5-2/h16,18-19,21-22,24-25,27-28,30,32-33,35-36,60H,4-15,17,20,23,26,29,31,34,37-59H2,1-3H3/b19-16-,21-18-,25-22-,27-24-,30-28-,35-32-,36-33-. The maximum absolute atomic E-state index is 12.9. The minimum Gasteiger partial charge on any atom is -0.462 e. The molecule has 0 saturated carbocycles. The lowest BCUT2D eigenvalue weighted by Gasteiger charge is -2.18. The SMILES string of the molecule is CCCCC\C=C/C=C\C=C/C=C\CCCCCCCC(=O)OCC(COC(=O)CCCCCCCC/C=C\C=C/CCCCC)OC(=O)CCCCCCC/C=C\CCCCCCCCCCC. The van der Waals surface area contributed by atoms with Crippen LogP contribution in [0.15, 0.2) is 85.1 Å². The summed E-state index contributed by atoms with van der Waals surface area (Å²) in [6, 6.07) is 0. The molecule has 1 unspecified atom stereocenters. The lowest BCUT2D eigenvalue weighted by atomic mass is 10.1. The molecular weight excluding hydrogens is 853 g/mol. The average molecular weight is 962 g/mol. The monoisotopic (exact) mass is 961 g/mol. The van der Waals surface area contributed by atoms with Crippen molar-refractivity contribution in [2.45, 2.75) is 284 Å². The van der Waals surface area contributed by atoms with Crippen LogP contribution in [-0.2, 0) is 28.6 Å². The summed E-state index contributed by atoms with van der Waals surface area (Å²) in [4.78, 5) is 38.2. The summed E-state index contributed by atoms with van der Waals surface area (Å²) in [5.74, 6) is -0.930. The van der Waals surface area contributed by atoms with Crippen LogP contribution in [0.5, 0.6) is 0 Å². The molecule has 0 heterocycles. The van der Waals surface area contributed by atoms with Crippen LogP contribution >= 0.6 is 0 Å². The van der Waals surface area contributed by atoms with Crippen LogP contribution in [-0.4, -0.2) is 37.2 Å². The Bertz CT molecular complexity index is 1330. The van der Waals surface area contributed by atoms with E-state index >= 15 is 0 Å². The quantitative estimate of drug-likeness (QED) is 0.0199. The third-order valence-corrected chi connectivity index (χ3v) is 12.5. The van der Waals surface area contributed by atoms with Crippen molar-refractivity contribution >= 4 is 17.9 Å². The van der Waals surface area contributed by atoms with Crippen LogP contribution in [0.2, 0.25) is 0 Å². The minimum atomic E-state index is -0.797. The van der Waals surface area contributed by atoms with Gasteiger partial charge >= 0.3 is 17.9 Å². The molecule has 0 bridgehead atoms. The Hall–Kier alpha value is -3.41. The molecule has 1 atom stereocenters. The zero-order valence-electron chi connectivity index (χ0n) is 45.3. The van der Waals surface area contributed by atoms with Crippen molar-refractivity contribution in [3.63, 3.8) is 0 Å². The van der Waals surface area contributed by atoms with E-state index in [2.05, 4.69) is 106 Å². The van der Waals surface area contributed by atoms with Gasteiger partial charge in [-0.2, -0.15) is 0 Å². The summed E-state index contributed by atoms with van der Waals surface area (Å²) in [6.07, 6.45) is 74.2. The maximum atomic E-state index is 12.9. The van der Waals surface area contributed by atoms with Gasteiger partial charge in [-0.25, -0.2) is 0 Å². The zero-order chi connectivity index (χ0) is 50.0. The van der Waals surface area contributed by atoms with Crippen molar-refractivity contribution < 1.29 is 28.6 Å². The molecule has 0 aromatic carbocycles. The first kappa shape index (κ1) is 65.6. The van der Waals surface area contributed by atoms with E-state index < -0.39 is 6.10 Å². The largest absolute Gasteiger partial charge is 0.462 e. The number of hydrogen-bond donors (Lipinski definition) is 0. The minimum absolute atomic E-state index is 0.0938. The summed E-state index contributed by atoms with van der Waals surface area (Å²) in [5.41, 5.74) is 0. The number of hydrogen-bond acceptors (Lipinski definition) is 6. The lowest BCUT2D eigenvalue weighted by molar-refractivity contribution is -0.167. The molecule has 69 heavy (non-hydrogen) atoms. The number of ether oxygens (including phenoxy) is 3. The van der Waals surface area contributed by atoms with Crippen LogP contribution < -0.4 is 0 Å². The van der Waals surface area contributed by atoms with Crippen LogP contribution in [0.4, 0.5) is 0 Å². The predicted octanol–water partition coefficient (Wildman–Crippen LogP) is 19.5. The lowest BCUT2D eigenvalue weighted by Crippen LogP contribution is -2.30. The summed E-state index contributed by atoms with van der Waals surface area (Å²) in [6.45, 7) is 6.55. The van der Waals surface area contributed by atoms with E-state index in [9.17, 15) is 14.4 Å². The van der Waals surface area contributed by atoms with Gasteiger partial charge in [0, 0.05) is 19.3 Å². The van der Waals surface area contributed by atoms with Gasteiger partial charge in [0.2, 0.25) is 0 Å². The normalized spacial score (nSPS) is 12.7. The highest BCUT2D eigenvalue weighted by atomic mass is 16.6. The molecule has 0 amide bonds. The van der Waals surface area contributed by atoms with Gasteiger partial charge in [-0.1, -0.05) is 247 Å². The van der Waals surface area contributed by atoms with Crippen molar-refractivity contribution in [2.24, 2.45) is 0 Å². The third kappa shape index (κ3) is 55.4. The first-order chi connectivity index (χ1) is 34.0. The van der Waals surface area contributed by atoms with Gasteiger partial charge in [0.15, 0.2) is 6.10 Å². The fraction of sp³-hybridized carbons (Fsp3) is 0.730. The average Bonchev–Trinajstić information content (AvgIpc) is 3.35. The van der Waals surface area contributed by atoms with E-state index in [1.165, 1.54) is 135 Å². The molecule has 0 saturated heterocycles. The fourth-order valence-electron chi connectivity index (χ4n) is 8.03. The van der Waals surface area contributed by atoms with Crippen molar-refractivity contribution in [3.05, 3.63) is 85.1 Å². The molecule has 0 aliphatic heterocycles.